The molecule has 1 amide bonds. The van der Waals surface area contributed by atoms with Crippen molar-refractivity contribution in [3.05, 3.63) is 0 Å². The van der Waals surface area contributed by atoms with Crippen LogP contribution in [0, 0.1) is 5.41 Å². The highest BCUT2D eigenvalue weighted by Gasteiger charge is 2.50. The minimum atomic E-state index is -0.197. The van der Waals surface area contributed by atoms with Crippen LogP contribution in [-0.4, -0.2) is 46.7 Å². The van der Waals surface area contributed by atoms with E-state index in [1.807, 2.05) is 4.90 Å². The second-order valence-electron chi connectivity index (χ2n) is 6.40. The van der Waals surface area contributed by atoms with E-state index in [0.29, 0.717) is 30.5 Å². The van der Waals surface area contributed by atoms with Crippen molar-refractivity contribution < 1.29 is 9.90 Å². The largest absolute Gasteiger partial charge is 0.392 e. The van der Waals surface area contributed by atoms with Crippen LogP contribution >= 0.6 is 0 Å². The van der Waals surface area contributed by atoms with E-state index in [0.717, 1.165) is 25.8 Å². The van der Waals surface area contributed by atoms with Gasteiger partial charge in [0.05, 0.1) is 6.10 Å². The summed E-state index contributed by atoms with van der Waals surface area (Å²) in [4.78, 5) is 13.9. The third-order valence-corrected chi connectivity index (χ3v) is 5.11. The van der Waals surface area contributed by atoms with Crippen LogP contribution in [0.1, 0.15) is 39.5 Å². The van der Waals surface area contributed by atoms with Crippen molar-refractivity contribution in [2.24, 2.45) is 5.41 Å². The first-order valence-electron chi connectivity index (χ1n) is 6.73. The molecule has 3 fully saturated rings. The Labute approximate surface area is 102 Å². The van der Waals surface area contributed by atoms with E-state index >= 15 is 0 Å². The highest BCUT2D eigenvalue weighted by atomic mass is 16.3. The van der Waals surface area contributed by atoms with Crippen LogP contribution in [0.4, 0.5) is 0 Å². The monoisotopic (exact) mass is 238 g/mol. The summed E-state index contributed by atoms with van der Waals surface area (Å²) in [6, 6.07) is 1.08. The average Bonchev–Trinajstić information content (AvgIpc) is 2.84. The topological polar surface area (TPSA) is 52.6 Å². The first-order valence-corrected chi connectivity index (χ1v) is 6.73. The number of fused-ring (bicyclic) bond motifs is 1. The molecule has 2 saturated heterocycles. The highest BCUT2D eigenvalue weighted by molar-refractivity contribution is 5.80. The maximum Gasteiger partial charge on any atom is 0.224 e. The molecule has 2 aliphatic heterocycles. The maximum absolute atomic E-state index is 11.8. The lowest BCUT2D eigenvalue weighted by molar-refractivity contribution is -0.127. The van der Waals surface area contributed by atoms with Crippen LogP contribution in [0.3, 0.4) is 0 Å². The molecule has 4 heteroatoms. The van der Waals surface area contributed by atoms with Gasteiger partial charge < -0.3 is 15.3 Å². The minimum absolute atomic E-state index is 0.0466. The fraction of sp³-hybridized carbons (Fsp3) is 0.923. The highest BCUT2D eigenvalue weighted by Crippen LogP contribution is 2.42. The van der Waals surface area contributed by atoms with Crippen molar-refractivity contribution in [1.82, 2.24) is 10.2 Å². The molecular weight excluding hydrogens is 216 g/mol. The van der Waals surface area contributed by atoms with E-state index in [1.165, 1.54) is 0 Å². The van der Waals surface area contributed by atoms with Gasteiger partial charge >= 0.3 is 0 Å². The van der Waals surface area contributed by atoms with Gasteiger partial charge in [0, 0.05) is 36.5 Å². The summed E-state index contributed by atoms with van der Waals surface area (Å²) in [5.74, 6) is 0.308. The van der Waals surface area contributed by atoms with Gasteiger partial charge in [-0.1, -0.05) is 13.8 Å². The Morgan fingerprint density at radius 1 is 1.47 bits per heavy atom. The molecule has 1 aliphatic carbocycles. The molecule has 0 bridgehead atoms. The van der Waals surface area contributed by atoms with Gasteiger partial charge in [0.25, 0.3) is 0 Å². The Balaban J connectivity index is 1.65. The first kappa shape index (κ1) is 11.5. The Morgan fingerprint density at radius 2 is 2.24 bits per heavy atom. The number of nitrogens with one attached hydrogen (secondary N) is 1. The molecule has 0 aromatic carbocycles. The summed E-state index contributed by atoms with van der Waals surface area (Å²) >= 11 is 0. The molecule has 17 heavy (non-hydrogen) atoms. The maximum atomic E-state index is 11.8. The standard InChI is InChI=1S/C13H22N2O2/c1-13(2)10(7-11(13)16)14-8-6-12(17)15-5-3-4-9(8)15/h8-11,14,16H,3-7H2,1-2H3. The summed E-state index contributed by atoms with van der Waals surface area (Å²) in [5, 5.41) is 13.4. The van der Waals surface area contributed by atoms with Gasteiger partial charge in [-0.25, -0.2) is 0 Å². The van der Waals surface area contributed by atoms with E-state index in [4.69, 9.17) is 0 Å². The number of aliphatic hydroxyl groups excluding tert-OH is 1. The first-order chi connectivity index (χ1) is 8.00. The molecule has 96 valence electrons. The molecule has 0 aromatic heterocycles. The summed E-state index contributed by atoms with van der Waals surface area (Å²) in [6.07, 6.45) is 3.55. The summed E-state index contributed by atoms with van der Waals surface area (Å²) in [5.41, 5.74) is -0.0466. The summed E-state index contributed by atoms with van der Waals surface area (Å²) < 4.78 is 0. The lowest BCUT2D eigenvalue weighted by Crippen LogP contribution is -2.63. The van der Waals surface area contributed by atoms with Crippen LogP contribution in [0.2, 0.25) is 0 Å². The number of hydrogen-bond donors (Lipinski definition) is 2. The van der Waals surface area contributed by atoms with Crippen LogP contribution < -0.4 is 5.32 Å². The van der Waals surface area contributed by atoms with E-state index in [-0.39, 0.29) is 11.5 Å². The van der Waals surface area contributed by atoms with E-state index in [1.54, 1.807) is 0 Å². The van der Waals surface area contributed by atoms with Gasteiger partial charge in [0.15, 0.2) is 0 Å². The smallest absolute Gasteiger partial charge is 0.224 e. The molecule has 3 aliphatic rings. The third kappa shape index (κ3) is 1.61. The van der Waals surface area contributed by atoms with Gasteiger partial charge in [-0.05, 0) is 19.3 Å². The zero-order valence-electron chi connectivity index (χ0n) is 10.6. The number of carbonyl (C=O) groups is 1. The Bertz CT molecular complexity index is 342. The molecule has 0 spiro atoms. The molecule has 4 unspecified atom stereocenters. The lowest BCUT2D eigenvalue weighted by Gasteiger charge is -2.51. The van der Waals surface area contributed by atoms with Crippen molar-refractivity contribution in [1.29, 1.82) is 0 Å². The number of aliphatic hydroxyl groups is 1. The molecule has 2 heterocycles. The molecule has 2 N–H and O–H groups in total. The van der Waals surface area contributed by atoms with Crippen LogP contribution in [0.25, 0.3) is 0 Å². The van der Waals surface area contributed by atoms with Crippen molar-refractivity contribution in [3.8, 4) is 0 Å². The van der Waals surface area contributed by atoms with E-state index in [2.05, 4.69) is 19.2 Å². The molecular formula is C13H22N2O2. The van der Waals surface area contributed by atoms with Crippen molar-refractivity contribution in [3.63, 3.8) is 0 Å². The Morgan fingerprint density at radius 3 is 2.88 bits per heavy atom. The Kier molecular flexibility index (Phi) is 2.49. The normalized spacial score (nSPS) is 43.7. The third-order valence-electron chi connectivity index (χ3n) is 5.11. The summed E-state index contributed by atoms with van der Waals surface area (Å²) in [6.45, 7) is 5.14. The zero-order chi connectivity index (χ0) is 12.2. The minimum Gasteiger partial charge on any atom is -0.392 e. The van der Waals surface area contributed by atoms with Gasteiger partial charge in [-0.2, -0.15) is 0 Å². The SMILES string of the molecule is CC1(C)C(O)CC1NC1CC(=O)N2CCCC12. The van der Waals surface area contributed by atoms with Gasteiger partial charge in [0.1, 0.15) is 0 Å². The van der Waals surface area contributed by atoms with Crippen molar-refractivity contribution in [2.75, 3.05) is 6.54 Å². The zero-order valence-corrected chi connectivity index (χ0v) is 10.6. The molecule has 1 saturated carbocycles. The molecule has 4 nitrogen and oxygen atoms in total. The second kappa shape index (κ2) is 3.69. The fourth-order valence-electron chi connectivity index (χ4n) is 3.58. The van der Waals surface area contributed by atoms with Gasteiger partial charge in [-0.3, -0.25) is 4.79 Å². The van der Waals surface area contributed by atoms with Crippen molar-refractivity contribution >= 4 is 5.91 Å². The number of amides is 1. The number of nitrogens with zero attached hydrogens (tertiary/aromatic N) is 1. The molecule has 3 rings (SSSR count). The number of carbonyl (C=O) groups excluding carboxylic acids is 1. The molecule has 0 aromatic rings. The summed E-state index contributed by atoms with van der Waals surface area (Å²) in [7, 11) is 0. The average molecular weight is 238 g/mol. The quantitative estimate of drug-likeness (QED) is 0.736. The Hall–Kier alpha value is -0.610. The predicted octanol–water partition coefficient (Wildman–Crippen LogP) is 0.499. The number of hydrogen-bond acceptors (Lipinski definition) is 3. The molecule has 0 radical (unpaired) electrons. The second-order valence-corrected chi connectivity index (χ2v) is 6.40. The molecule has 4 atom stereocenters. The van der Waals surface area contributed by atoms with E-state index in [9.17, 15) is 9.90 Å². The van der Waals surface area contributed by atoms with Gasteiger partial charge in [0.2, 0.25) is 5.91 Å². The lowest BCUT2D eigenvalue weighted by atomic mass is 9.64. The van der Waals surface area contributed by atoms with Gasteiger partial charge in [-0.15, -0.1) is 0 Å². The van der Waals surface area contributed by atoms with Crippen molar-refractivity contribution in [2.45, 2.75) is 63.8 Å². The predicted molar refractivity (Wildman–Crippen MR) is 64.5 cm³/mol. The van der Waals surface area contributed by atoms with Crippen LogP contribution in [0.15, 0.2) is 0 Å². The van der Waals surface area contributed by atoms with Crippen LogP contribution in [0.5, 0.6) is 0 Å². The van der Waals surface area contributed by atoms with Crippen LogP contribution in [-0.2, 0) is 4.79 Å². The van der Waals surface area contributed by atoms with E-state index < -0.39 is 0 Å². The number of rotatable bonds is 2. The fourth-order valence-corrected chi connectivity index (χ4v) is 3.58.